The summed E-state index contributed by atoms with van der Waals surface area (Å²) in [5, 5.41) is 14.0. The second kappa shape index (κ2) is 8.69. The predicted octanol–water partition coefficient (Wildman–Crippen LogP) is 4.46. The number of rotatable bonds is 5. The maximum Gasteiger partial charge on any atom is 0.253 e. The third-order valence-electron chi connectivity index (χ3n) is 4.60. The molecule has 31 heavy (non-hydrogen) atoms. The zero-order valence-electron chi connectivity index (χ0n) is 16.2. The molecule has 7 nitrogen and oxygen atoms in total. The van der Waals surface area contributed by atoms with Crippen LogP contribution in [-0.4, -0.2) is 15.9 Å². The van der Waals surface area contributed by atoms with Crippen LogP contribution in [0.1, 0.15) is 21.5 Å². The van der Waals surface area contributed by atoms with Crippen LogP contribution in [0.5, 0.6) is 11.6 Å². The molecule has 0 aliphatic heterocycles. The van der Waals surface area contributed by atoms with Gasteiger partial charge in [0.1, 0.15) is 22.7 Å². The van der Waals surface area contributed by atoms with Crippen LogP contribution in [0, 0.1) is 11.3 Å². The number of nitriles is 1. The lowest BCUT2D eigenvalue weighted by atomic mass is 10.1. The Labute approximate surface area is 183 Å². The van der Waals surface area contributed by atoms with E-state index in [2.05, 4.69) is 15.3 Å². The SMILES string of the molecule is N#Cc1ccccc1Oc1ncc(C(=O)NCc2ccc3c(N)nccc3c2)cc1Cl. The Morgan fingerprint density at radius 3 is 2.81 bits per heavy atom. The third kappa shape index (κ3) is 4.39. The van der Waals surface area contributed by atoms with Gasteiger partial charge in [0.2, 0.25) is 5.88 Å². The van der Waals surface area contributed by atoms with Gasteiger partial charge in [-0.25, -0.2) is 9.97 Å². The first-order chi connectivity index (χ1) is 15.0. The Hall–Kier alpha value is -4.15. The fourth-order valence-corrected chi connectivity index (χ4v) is 3.23. The first-order valence-corrected chi connectivity index (χ1v) is 9.67. The Bertz CT molecular complexity index is 1330. The largest absolute Gasteiger partial charge is 0.436 e. The summed E-state index contributed by atoms with van der Waals surface area (Å²) >= 11 is 6.25. The van der Waals surface area contributed by atoms with E-state index in [4.69, 9.17) is 27.3 Å². The van der Waals surface area contributed by atoms with E-state index in [0.717, 1.165) is 16.3 Å². The number of carbonyl (C=O) groups excluding carboxylic acids is 1. The van der Waals surface area contributed by atoms with Crippen molar-refractivity contribution < 1.29 is 9.53 Å². The van der Waals surface area contributed by atoms with E-state index < -0.39 is 0 Å². The van der Waals surface area contributed by atoms with Crippen molar-refractivity contribution >= 4 is 34.1 Å². The maximum absolute atomic E-state index is 12.5. The van der Waals surface area contributed by atoms with Crippen molar-refractivity contribution in [1.29, 1.82) is 5.26 Å². The molecule has 0 radical (unpaired) electrons. The third-order valence-corrected chi connectivity index (χ3v) is 4.87. The molecule has 0 unspecified atom stereocenters. The van der Waals surface area contributed by atoms with Crippen molar-refractivity contribution in [2.75, 3.05) is 5.73 Å². The topological polar surface area (TPSA) is 114 Å². The number of fused-ring (bicyclic) bond motifs is 1. The van der Waals surface area contributed by atoms with Gasteiger partial charge in [-0.2, -0.15) is 5.26 Å². The number of nitrogens with two attached hydrogens (primary N) is 1. The highest BCUT2D eigenvalue weighted by atomic mass is 35.5. The number of carbonyl (C=O) groups is 1. The first-order valence-electron chi connectivity index (χ1n) is 9.29. The summed E-state index contributed by atoms with van der Waals surface area (Å²) in [5.41, 5.74) is 7.43. The number of anilines is 1. The Morgan fingerprint density at radius 1 is 1.16 bits per heavy atom. The van der Waals surface area contributed by atoms with Gasteiger partial charge in [-0.3, -0.25) is 4.79 Å². The molecule has 0 spiro atoms. The Morgan fingerprint density at radius 2 is 2.00 bits per heavy atom. The molecule has 0 fully saturated rings. The van der Waals surface area contributed by atoms with Crippen molar-refractivity contribution in [3.63, 3.8) is 0 Å². The molecule has 4 aromatic rings. The minimum absolute atomic E-state index is 0.113. The number of para-hydroxylation sites is 1. The molecular formula is C23H16ClN5O2. The minimum Gasteiger partial charge on any atom is -0.436 e. The summed E-state index contributed by atoms with van der Waals surface area (Å²) in [6.45, 7) is 0.322. The number of nitrogens with one attached hydrogen (secondary N) is 1. The summed E-state index contributed by atoms with van der Waals surface area (Å²) < 4.78 is 5.63. The number of halogens is 1. The summed E-state index contributed by atoms with van der Waals surface area (Å²) in [7, 11) is 0. The lowest BCUT2D eigenvalue weighted by Crippen LogP contribution is -2.23. The van der Waals surface area contributed by atoms with Crippen molar-refractivity contribution in [2.45, 2.75) is 6.54 Å². The van der Waals surface area contributed by atoms with Gasteiger partial charge in [0.05, 0.1) is 11.1 Å². The van der Waals surface area contributed by atoms with Gasteiger partial charge in [0.25, 0.3) is 5.91 Å². The molecule has 152 valence electrons. The second-order valence-electron chi connectivity index (χ2n) is 6.66. The Kier molecular flexibility index (Phi) is 5.65. The fraction of sp³-hybridized carbons (Fsp3) is 0.0435. The highest BCUT2D eigenvalue weighted by molar-refractivity contribution is 6.32. The molecule has 1 amide bonds. The highest BCUT2D eigenvalue weighted by Gasteiger charge is 2.13. The van der Waals surface area contributed by atoms with E-state index in [-0.39, 0.29) is 16.8 Å². The van der Waals surface area contributed by atoms with Gasteiger partial charge in [0.15, 0.2) is 0 Å². The van der Waals surface area contributed by atoms with Gasteiger partial charge in [-0.05, 0) is 41.3 Å². The van der Waals surface area contributed by atoms with Crippen molar-refractivity contribution in [3.8, 4) is 17.7 Å². The van der Waals surface area contributed by atoms with Gasteiger partial charge in [0, 0.05) is 24.3 Å². The minimum atomic E-state index is -0.326. The number of nitrogen functional groups attached to an aromatic ring is 1. The second-order valence-corrected chi connectivity index (χ2v) is 7.06. The molecule has 0 aliphatic carbocycles. The van der Waals surface area contributed by atoms with Gasteiger partial charge < -0.3 is 15.8 Å². The van der Waals surface area contributed by atoms with Gasteiger partial charge >= 0.3 is 0 Å². The van der Waals surface area contributed by atoms with Gasteiger partial charge in [-0.1, -0.05) is 35.9 Å². The summed E-state index contributed by atoms with van der Waals surface area (Å²) in [6.07, 6.45) is 3.02. The predicted molar refractivity (Wildman–Crippen MR) is 118 cm³/mol. The van der Waals surface area contributed by atoms with Crippen molar-refractivity contribution in [2.24, 2.45) is 0 Å². The highest BCUT2D eigenvalue weighted by Crippen LogP contribution is 2.29. The molecule has 0 bridgehead atoms. The molecule has 3 N–H and O–H groups in total. The van der Waals surface area contributed by atoms with E-state index in [9.17, 15) is 4.79 Å². The molecule has 0 saturated carbocycles. The average Bonchev–Trinajstić information content (AvgIpc) is 2.79. The normalized spacial score (nSPS) is 10.5. The summed E-state index contributed by atoms with van der Waals surface area (Å²) in [5.74, 6) is 0.589. The molecule has 2 aromatic heterocycles. The standard InChI is InChI=1S/C23H16ClN5O2/c24-19-10-17(13-29-23(19)31-20-4-2-1-3-16(20)11-25)22(30)28-12-14-5-6-18-15(9-14)7-8-27-21(18)26/h1-10,13H,12H2,(H2,26,27)(H,28,30). The molecule has 2 aromatic carbocycles. The van der Waals surface area contributed by atoms with Gasteiger partial charge in [-0.15, -0.1) is 0 Å². The maximum atomic E-state index is 12.5. The van der Waals surface area contributed by atoms with E-state index in [1.165, 1.54) is 12.3 Å². The van der Waals surface area contributed by atoms with Crippen molar-refractivity contribution in [3.05, 3.63) is 88.7 Å². The fourth-order valence-electron chi connectivity index (χ4n) is 3.02. The number of pyridine rings is 2. The summed E-state index contributed by atoms with van der Waals surface area (Å²) in [4.78, 5) is 20.7. The number of benzene rings is 2. The smallest absolute Gasteiger partial charge is 0.253 e. The van der Waals surface area contributed by atoms with Crippen LogP contribution in [0.2, 0.25) is 5.02 Å². The number of hydrogen-bond donors (Lipinski definition) is 2. The lowest BCUT2D eigenvalue weighted by Gasteiger charge is -2.10. The molecule has 2 heterocycles. The molecule has 8 heteroatoms. The summed E-state index contributed by atoms with van der Waals surface area (Å²) in [6, 6.07) is 17.8. The molecule has 0 atom stereocenters. The number of hydrogen-bond acceptors (Lipinski definition) is 6. The molecular weight excluding hydrogens is 414 g/mol. The lowest BCUT2D eigenvalue weighted by molar-refractivity contribution is 0.0950. The van der Waals surface area contributed by atoms with E-state index in [1.807, 2.05) is 30.3 Å². The molecule has 0 saturated heterocycles. The van der Waals surface area contributed by atoms with Crippen LogP contribution in [0.3, 0.4) is 0 Å². The van der Waals surface area contributed by atoms with Crippen LogP contribution in [-0.2, 0) is 6.54 Å². The van der Waals surface area contributed by atoms with Crippen LogP contribution >= 0.6 is 11.6 Å². The van der Waals surface area contributed by atoms with Crippen molar-refractivity contribution in [1.82, 2.24) is 15.3 Å². The molecule has 0 aliphatic rings. The van der Waals surface area contributed by atoms with E-state index in [1.54, 1.807) is 30.5 Å². The molecule has 4 rings (SSSR count). The average molecular weight is 430 g/mol. The number of aromatic nitrogens is 2. The quantitative estimate of drug-likeness (QED) is 0.484. The zero-order valence-corrected chi connectivity index (χ0v) is 16.9. The van der Waals surface area contributed by atoms with Crippen LogP contribution < -0.4 is 15.8 Å². The van der Waals surface area contributed by atoms with Crippen LogP contribution in [0.4, 0.5) is 5.82 Å². The van der Waals surface area contributed by atoms with E-state index in [0.29, 0.717) is 29.2 Å². The first kappa shape index (κ1) is 20.1. The van der Waals surface area contributed by atoms with E-state index >= 15 is 0 Å². The number of nitrogens with zero attached hydrogens (tertiary/aromatic N) is 3. The monoisotopic (exact) mass is 429 g/mol. The van der Waals surface area contributed by atoms with Crippen LogP contribution in [0.15, 0.2) is 67.0 Å². The van der Waals surface area contributed by atoms with Crippen LogP contribution in [0.25, 0.3) is 10.8 Å². The number of ether oxygens (including phenoxy) is 1. The zero-order chi connectivity index (χ0) is 21.8. The number of amides is 1. The Balaban J connectivity index is 1.46.